The van der Waals surface area contributed by atoms with Gasteiger partial charge in [0.1, 0.15) is 5.75 Å². The van der Waals surface area contributed by atoms with Gasteiger partial charge in [-0.1, -0.05) is 0 Å². The van der Waals surface area contributed by atoms with Crippen LogP contribution in [0.2, 0.25) is 0 Å². The van der Waals surface area contributed by atoms with Gasteiger partial charge in [-0.15, -0.1) is 0 Å². The lowest BCUT2D eigenvalue weighted by Gasteiger charge is -2.16. The summed E-state index contributed by atoms with van der Waals surface area (Å²) in [4.78, 5) is 0. The van der Waals surface area contributed by atoms with Crippen LogP contribution in [-0.2, 0) is 5.92 Å². The van der Waals surface area contributed by atoms with E-state index < -0.39 is 5.92 Å². The van der Waals surface area contributed by atoms with E-state index in [4.69, 9.17) is 10.5 Å². The minimum atomic E-state index is -2.93. The molecule has 78 valence electrons. The van der Waals surface area contributed by atoms with Crippen molar-refractivity contribution < 1.29 is 13.5 Å². The summed E-state index contributed by atoms with van der Waals surface area (Å²) < 4.78 is 31.2. The number of alkyl halides is 2. The second-order valence-electron chi connectivity index (χ2n) is 3.08. The van der Waals surface area contributed by atoms with Gasteiger partial charge in [0, 0.05) is 12.6 Å². The maximum absolute atomic E-state index is 13.1. The normalized spacial score (nSPS) is 11.4. The van der Waals surface area contributed by atoms with Crippen LogP contribution in [0.1, 0.15) is 19.4 Å². The van der Waals surface area contributed by atoms with Crippen molar-refractivity contribution in [3.05, 3.63) is 23.8 Å². The molecule has 1 rings (SSSR count). The highest BCUT2D eigenvalue weighted by Crippen LogP contribution is 2.35. The van der Waals surface area contributed by atoms with E-state index in [1.165, 1.54) is 12.1 Å². The first-order valence-electron chi connectivity index (χ1n) is 4.35. The van der Waals surface area contributed by atoms with Crippen LogP contribution >= 0.6 is 0 Å². The molecule has 0 radical (unpaired) electrons. The van der Waals surface area contributed by atoms with Gasteiger partial charge in [-0.3, -0.25) is 0 Å². The Kier molecular flexibility index (Phi) is 2.93. The van der Waals surface area contributed by atoms with Crippen LogP contribution in [0.25, 0.3) is 0 Å². The molecule has 0 fully saturated rings. The Morgan fingerprint density at radius 3 is 2.57 bits per heavy atom. The van der Waals surface area contributed by atoms with Gasteiger partial charge in [-0.25, -0.2) is 8.78 Å². The summed E-state index contributed by atoms with van der Waals surface area (Å²) in [5.74, 6) is -2.74. The number of ether oxygens (including phenoxy) is 1. The van der Waals surface area contributed by atoms with Crippen molar-refractivity contribution in [2.24, 2.45) is 0 Å². The Hall–Kier alpha value is -1.32. The summed E-state index contributed by atoms with van der Waals surface area (Å²) in [6.07, 6.45) is 0. The lowest BCUT2D eigenvalue weighted by atomic mass is 10.1. The predicted octanol–water partition coefficient (Wildman–Crippen LogP) is 2.78. The largest absolute Gasteiger partial charge is 0.493 e. The van der Waals surface area contributed by atoms with Crippen molar-refractivity contribution in [2.45, 2.75) is 19.8 Å². The molecule has 0 aliphatic heterocycles. The van der Waals surface area contributed by atoms with Gasteiger partial charge in [-0.2, -0.15) is 0 Å². The topological polar surface area (TPSA) is 35.2 Å². The molecule has 0 saturated carbocycles. The van der Waals surface area contributed by atoms with E-state index in [9.17, 15) is 8.78 Å². The third-order valence-electron chi connectivity index (χ3n) is 1.78. The first-order valence-corrected chi connectivity index (χ1v) is 4.35. The Morgan fingerprint density at radius 1 is 1.43 bits per heavy atom. The van der Waals surface area contributed by atoms with E-state index in [-0.39, 0.29) is 11.3 Å². The van der Waals surface area contributed by atoms with Crippen LogP contribution in [0.15, 0.2) is 18.2 Å². The van der Waals surface area contributed by atoms with Gasteiger partial charge < -0.3 is 10.5 Å². The van der Waals surface area contributed by atoms with Crippen LogP contribution in [0.5, 0.6) is 5.75 Å². The molecule has 2 N–H and O–H groups in total. The maximum atomic E-state index is 13.1. The summed E-state index contributed by atoms with van der Waals surface area (Å²) in [6, 6.07) is 4.25. The molecule has 0 spiro atoms. The minimum Gasteiger partial charge on any atom is -0.493 e. The highest BCUT2D eigenvalue weighted by atomic mass is 19.3. The lowest BCUT2D eigenvalue weighted by molar-refractivity contribution is 0.0147. The van der Waals surface area contributed by atoms with E-state index in [1.54, 1.807) is 13.0 Å². The molecule has 4 heteroatoms. The standard InChI is InChI=1S/C10H13F2NO/c1-3-14-9-5-4-7(13)6-8(9)10(2,11)12/h4-6H,3,13H2,1-2H3. The second kappa shape index (κ2) is 3.82. The van der Waals surface area contributed by atoms with Crippen molar-refractivity contribution in [3.8, 4) is 5.75 Å². The lowest BCUT2D eigenvalue weighted by Crippen LogP contribution is -2.10. The first kappa shape index (κ1) is 10.8. The van der Waals surface area contributed by atoms with E-state index >= 15 is 0 Å². The molecule has 0 aliphatic carbocycles. The molecular formula is C10H13F2NO. The highest BCUT2D eigenvalue weighted by Gasteiger charge is 2.28. The van der Waals surface area contributed by atoms with Crippen molar-refractivity contribution in [2.75, 3.05) is 12.3 Å². The van der Waals surface area contributed by atoms with Gasteiger partial charge in [0.2, 0.25) is 0 Å². The number of nitrogens with two attached hydrogens (primary N) is 1. The van der Waals surface area contributed by atoms with Crippen molar-refractivity contribution in [1.82, 2.24) is 0 Å². The molecule has 0 unspecified atom stereocenters. The zero-order chi connectivity index (χ0) is 10.8. The molecule has 0 atom stereocenters. The number of anilines is 1. The molecular weight excluding hydrogens is 188 g/mol. The number of rotatable bonds is 3. The average molecular weight is 201 g/mol. The Morgan fingerprint density at radius 2 is 2.07 bits per heavy atom. The Bertz CT molecular complexity index is 320. The van der Waals surface area contributed by atoms with Gasteiger partial charge in [0.05, 0.1) is 12.2 Å². The van der Waals surface area contributed by atoms with E-state index in [0.717, 1.165) is 6.92 Å². The molecule has 14 heavy (non-hydrogen) atoms. The first-order chi connectivity index (χ1) is 6.45. The van der Waals surface area contributed by atoms with Crippen molar-refractivity contribution in [1.29, 1.82) is 0 Å². The number of nitrogen functional groups attached to an aromatic ring is 1. The zero-order valence-electron chi connectivity index (χ0n) is 8.18. The molecule has 0 heterocycles. The number of hydrogen-bond acceptors (Lipinski definition) is 2. The molecule has 0 aromatic heterocycles. The quantitative estimate of drug-likeness (QED) is 0.763. The van der Waals surface area contributed by atoms with Gasteiger partial charge in [0.15, 0.2) is 0 Å². The molecule has 1 aromatic rings. The van der Waals surface area contributed by atoms with Crippen LogP contribution in [0.4, 0.5) is 14.5 Å². The molecule has 0 bridgehead atoms. The van der Waals surface area contributed by atoms with Crippen LogP contribution in [-0.4, -0.2) is 6.61 Å². The molecule has 2 nitrogen and oxygen atoms in total. The number of hydrogen-bond donors (Lipinski definition) is 1. The van der Waals surface area contributed by atoms with Crippen molar-refractivity contribution >= 4 is 5.69 Å². The summed E-state index contributed by atoms with van der Waals surface area (Å²) >= 11 is 0. The zero-order valence-corrected chi connectivity index (χ0v) is 8.18. The SMILES string of the molecule is CCOc1ccc(N)cc1C(C)(F)F. The minimum absolute atomic E-state index is 0.167. The maximum Gasteiger partial charge on any atom is 0.274 e. The monoisotopic (exact) mass is 201 g/mol. The third kappa shape index (κ3) is 2.34. The summed E-state index contributed by atoms with van der Waals surface area (Å²) in [7, 11) is 0. The second-order valence-corrected chi connectivity index (χ2v) is 3.08. The van der Waals surface area contributed by atoms with Crippen LogP contribution in [0, 0.1) is 0 Å². The van der Waals surface area contributed by atoms with Crippen LogP contribution in [0.3, 0.4) is 0 Å². The van der Waals surface area contributed by atoms with Gasteiger partial charge in [-0.05, 0) is 25.1 Å². The third-order valence-corrected chi connectivity index (χ3v) is 1.78. The number of benzene rings is 1. The Balaban J connectivity index is 3.16. The van der Waals surface area contributed by atoms with E-state index in [1.807, 2.05) is 0 Å². The number of halogens is 2. The van der Waals surface area contributed by atoms with E-state index in [0.29, 0.717) is 12.3 Å². The van der Waals surface area contributed by atoms with Crippen molar-refractivity contribution in [3.63, 3.8) is 0 Å². The molecule has 0 saturated heterocycles. The molecule has 0 aliphatic rings. The van der Waals surface area contributed by atoms with Gasteiger partial charge in [0.25, 0.3) is 5.92 Å². The van der Waals surface area contributed by atoms with Gasteiger partial charge >= 0.3 is 0 Å². The average Bonchev–Trinajstić information content (AvgIpc) is 2.07. The smallest absolute Gasteiger partial charge is 0.274 e. The van der Waals surface area contributed by atoms with E-state index in [2.05, 4.69) is 0 Å². The van der Waals surface area contributed by atoms with Crippen LogP contribution < -0.4 is 10.5 Å². The molecule has 0 amide bonds. The fourth-order valence-electron chi connectivity index (χ4n) is 1.17. The summed E-state index contributed by atoms with van der Waals surface area (Å²) in [6.45, 7) is 2.92. The fraction of sp³-hybridized carbons (Fsp3) is 0.400. The summed E-state index contributed by atoms with van der Waals surface area (Å²) in [5, 5.41) is 0. The highest BCUT2D eigenvalue weighted by molar-refractivity contribution is 5.49. The predicted molar refractivity (Wildman–Crippen MR) is 51.6 cm³/mol. The molecule has 1 aromatic carbocycles. The summed E-state index contributed by atoms with van der Waals surface area (Å²) in [5.41, 5.74) is 5.57. The Labute approximate surface area is 81.7 Å². The fourth-order valence-corrected chi connectivity index (χ4v) is 1.17.